The van der Waals surface area contributed by atoms with Crippen LogP contribution in [0.2, 0.25) is 0 Å². The predicted molar refractivity (Wildman–Crippen MR) is 104 cm³/mol. The van der Waals surface area contributed by atoms with Crippen LogP contribution in [0.1, 0.15) is 51.5 Å². The van der Waals surface area contributed by atoms with Crippen LogP contribution in [-0.2, 0) is 4.79 Å². The van der Waals surface area contributed by atoms with Crippen molar-refractivity contribution in [1.29, 1.82) is 0 Å². The van der Waals surface area contributed by atoms with Crippen molar-refractivity contribution in [2.24, 2.45) is 0 Å². The quantitative estimate of drug-likeness (QED) is 0.657. The molecule has 3 amide bonds. The van der Waals surface area contributed by atoms with Crippen molar-refractivity contribution in [3.63, 3.8) is 0 Å². The molecule has 3 rings (SSSR count). The SMILES string of the molecule is C[C@@H](Sc1nnc([C@@H](C)Oc2ccc(F)cc2)o1)C(=O)NC(=O)NC1CCCC1. The van der Waals surface area contributed by atoms with E-state index >= 15 is 0 Å². The van der Waals surface area contributed by atoms with Crippen LogP contribution in [0, 0.1) is 5.82 Å². The number of imide groups is 1. The van der Waals surface area contributed by atoms with Crippen LogP contribution in [0.4, 0.5) is 9.18 Å². The first-order chi connectivity index (χ1) is 13.9. The summed E-state index contributed by atoms with van der Waals surface area (Å²) in [5.41, 5.74) is 0. The second kappa shape index (κ2) is 9.73. The molecule has 0 radical (unpaired) electrons. The van der Waals surface area contributed by atoms with Gasteiger partial charge in [0, 0.05) is 6.04 Å². The van der Waals surface area contributed by atoms with Gasteiger partial charge >= 0.3 is 6.03 Å². The highest BCUT2D eigenvalue weighted by atomic mass is 32.2. The topological polar surface area (TPSA) is 106 Å². The Morgan fingerprint density at radius 1 is 1.21 bits per heavy atom. The van der Waals surface area contributed by atoms with E-state index in [1.54, 1.807) is 13.8 Å². The van der Waals surface area contributed by atoms with Gasteiger partial charge in [0.25, 0.3) is 11.1 Å². The number of hydrogen-bond donors (Lipinski definition) is 2. The monoisotopic (exact) mass is 422 g/mol. The molecule has 1 aromatic carbocycles. The summed E-state index contributed by atoms with van der Waals surface area (Å²) in [5.74, 6) is -0.109. The summed E-state index contributed by atoms with van der Waals surface area (Å²) in [6.07, 6.45) is 3.51. The van der Waals surface area contributed by atoms with Crippen LogP contribution in [-0.4, -0.2) is 33.4 Å². The van der Waals surface area contributed by atoms with E-state index in [2.05, 4.69) is 20.8 Å². The normalized spacial score (nSPS) is 16.2. The maximum atomic E-state index is 13.0. The van der Waals surface area contributed by atoms with Crippen molar-refractivity contribution in [2.75, 3.05) is 0 Å². The molecule has 29 heavy (non-hydrogen) atoms. The van der Waals surface area contributed by atoms with Gasteiger partial charge in [-0.25, -0.2) is 9.18 Å². The Kier molecular flexibility index (Phi) is 7.08. The molecule has 8 nitrogen and oxygen atoms in total. The number of amides is 3. The molecule has 0 spiro atoms. The van der Waals surface area contributed by atoms with Gasteiger partial charge in [0.05, 0.1) is 5.25 Å². The van der Waals surface area contributed by atoms with Gasteiger partial charge in [-0.15, -0.1) is 10.2 Å². The molecule has 2 N–H and O–H groups in total. The molecule has 0 bridgehead atoms. The van der Waals surface area contributed by atoms with E-state index < -0.39 is 23.3 Å². The Hall–Kier alpha value is -2.62. The molecule has 1 aliphatic rings. The lowest BCUT2D eigenvalue weighted by Gasteiger charge is -2.14. The number of hydrogen-bond acceptors (Lipinski definition) is 7. The zero-order valence-corrected chi connectivity index (χ0v) is 17.0. The minimum absolute atomic E-state index is 0.131. The second-order valence-corrected chi connectivity index (χ2v) is 8.12. The molecule has 2 atom stereocenters. The summed E-state index contributed by atoms with van der Waals surface area (Å²) in [6, 6.07) is 5.23. The van der Waals surface area contributed by atoms with Crippen LogP contribution in [0.15, 0.2) is 33.9 Å². The standard InChI is InChI=1S/C19H23FN4O4S/c1-11(27-15-9-7-13(20)8-10-15)17-23-24-19(28-17)29-12(2)16(25)22-18(26)21-14-5-3-4-6-14/h7-12,14H,3-6H2,1-2H3,(H2,21,22,25,26)/t11-,12-/m1/s1. The van der Waals surface area contributed by atoms with Gasteiger partial charge in [-0.2, -0.15) is 0 Å². The Balaban J connectivity index is 1.48. The highest BCUT2D eigenvalue weighted by Crippen LogP contribution is 2.26. The van der Waals surface area contributed by atoms with Crippen LogP contribution >= 0.6 is 11.8 Å². The molecule has 1 heterocycles. The Bertz CT molecular complexity index is 839. The zero-order valence-electron chi connectivity index (χ0n) is 16.2. The molecule has 0 unspecified atom stereocenters. The maximum Gasteiger partial charge on any atom is 0.321 e. The number of halogens is 1. The first kappa shape index (κ1) is 21.1. The van der Waals surface area contributed by atoms with Crippen LogP contribution in [0.3, 0.4) is 0 Å². The number of carbonyl (C=O) groups is 2. The number of ether oxygens (including phenoxy) is 1. The van der Waals surface area contributed by atoms with Crippen LogP contribution < -0.4 is 15.4 Å². The summed E-state index contributed by atoms with van der Waals surface area (Å²) in [5, 5.41) is 12.6. The third-order valence-electron chi connectivity index (χ3n) is 4.47. The molecular formula is C19H23FN4O4S. The number of urea groups is 1. The first-order valence-electron chi connectivity index (χ1n) is 9.44. The highest BCUT2D eigenvalue weighted by molar-refractivity contribution is 8.00. The van der Waals surface area contributed by atoms with E-state index in [0.29, 0.717) is 5.75 Å². The molecule has 2 aromatic rings. The van der Waals surface area contributed by atoms with E-state index in [0.717, 1.165) is 37.4 Å². The molecule has 1 aromatic heterocycles. The van der Waals surface area contributed by atoms with E-state index in [1.165, 1.54) is 24.3 Å². The van der Waals surface area contributed by atoms with Crippen molar-refractivity contribution in [2.45, 2.75) is 62.1 Å². The molecular weight excluding hydrogens is 399 g/mol. The molecule has 10 heteroatoms. The van der Waals surface area contributed by atoms with Crippen LogP contribution in [0.5, 0.6) is 5.75 Å². The number of nitrogens with one attached hydrogen (secondary N) is 2. The first-order valence-corrected chi connectivity index (χ1v) is 10.3. The lowest BCUT2D eigenvalue weighted by atomic mass is 10.2. The van der Waals surface area contributed by atoms with Crippen LogP contribution in [0.25, 0.3) is 0 Å². The molecule has 0 saturated heterocycles. The van der Waals surface area contributed by atoms with Crippen molar-refractivity contribution >= 4 is 23.7 Å². The minimum Gasteiger partial charge on any atom is -0.481 e. The largest absolute Gasteiger partial charge is 0.481 e. The van der Waals surface area contributed by atoms with E-state index in [1.807, 2.05) is 0 Å². The minimum atomic E-state index is -0.606. The van der Waals surface area contributed by atoms with Crippen molar-refractivity contribution in [3.8, 4) is 5.75 Å². The fourth-order valence-electron chi connectivity index (χ4n) is 2.91. The summed E-state index contributed by atoms with van der Waals surface area (Å²) in [7, 11) is 0. The Morgan fingerprint density at radius 3 is 2.59 bits per heavy atom. The Labute approximate surface area is 172 Å². The number of carbonyl (C=O) groups excluding carboxylic acids is 2. The van der Waals surface area contributed by atoms with Gasteiger partial charge in [0.15, 0.2) is 6.10 Å². The number of aromatic nitrogens is 2. The Morgan fingerprint density at radius 2 is 1.90 bits per heavy atom. The summed E-state index contributed by atoms with van der Waals surface area (Å²) < 4.78 is 24.1. The number of rotatable bonds is 7. The van der Waals surface area contributed by atoms with Gasteiger partial charge in [-0.05, 0) is 51.0 Å². The summed E-state index contributed by atoms with van der Waals surface area (Å²) >= 11 is 1.05. The fraction of sp³-hybridized carbons (Fsp3) is 0.474. The average molecular weight is 422 g/mol. The maximum absolute atomic E-state index is 13.0. The number of nitrogens with zero attached hydrogens (tertiary/aromatic N) is 2. The van der Waals surface area contributed by atoms with Gasteiger partial charge in [0.2, 0.25) is 5.91 Å². The third-order valence-corrected chi connectivity index (χ3v) is 5.40. The molecule has 156 valence electrons. The summed E-state index contributed by atoms with van der Waals surface area (Å²) in [6.45, 7) is 3.36. The molecule has 1 aliphatic carbocycles. The number of thioether (sulfide) groups is 1. The molecule has 1 fully saturated rings. The van der Waals surface area contributed by atoms with E-state index in [4.69, 9.17) is 9.15 Å². The van der Waals surface area contributed by atoms with Crippen molar-refractivity contribution in [1.82, 2.24) is 20.8 Å². The van der Waals surface area contributed by atoms with Gasteiger partial charge in [0.1, 0.15) is 11.6 Å². The average Bonchev–Trinajstić information content (AvgIpc) is 3.35. The highest BCUT2D eigenvalue weighted by Gasteiger charge is 2.23. The van der Waals surface area contributed by atoms with Crippen molar-refractivity contribution in [3.05, 3.63) is 36.0 Å². The molecule has 0 aliphatic heterocycles. The fourth-order valence-corrected chi connectivity index (χ4v) is 3.60. The zero-order chi connectivity index (χ0) is 20.8. The van der Waals surface area contributed by atoms with E-state index in [9.17, 15) is 14.0 Å². The van der Waals surface area contributed by atoms with Gasteiger partial charge < -0.3 is 14.5 Å². The lowest BCUT2D eigenvalue weighted by Crippen LogP contribution is -2.45. The predicted octanol–water partition coefficient (Wildman–Crippen LogP) is 3.60. The lowest BCUT2D eigenvalue weighted by molar-refractivity contribution is -0.119. The number of benzene rings is 1. The van der Waals surface area contributed by atoms with Crippen molar-refractivity contribution < 1.29 is 23.1 Å². The van der Waals surface area contributed by atoms with Gasteiger partial charge in [-0.3, -0.25) is 10.1 Å². The summed E-state index contributed by atoms with van der Waals surface area (Å²) in [4.78, 5) is 24.1. The smallest absolute Gasteiger partial charge is 0.321 e. The van der Waals surface area contributed by atoms with E-state index in [-0.39, 0.29) is 23.0 Å². The third kappa shape index (κ3) is 6.18. The second-order valence-electron chi connectivity index (χ2n) is 6.82. The van der Waals surface area contributed by atoms with Gasteiger partial charge in [-0.1, -0.05) is 24.6 Å². The molecule has 1 saturated carbocycles.